The highest BCUT2D eigenvalue weighted by Gasteiger charge is 2.30. The fraction of sp³-hybridized carbons (Fsp3) is 0.429. The lowest BCUT2D eigenvalue weighted by Crippen LogP contribution is -2.12. The van der Waals surface area contributed by atoms with Crippen molar-refractivity contribution in [2.75, 3.05) is 11.1 Å². The Morgan fingerprint density at radius 1 is 1.33 bits per heavy atom. The van der Waals surface area contributed by atoms with E-state index in [1.54, 1.807) is 34.4 Å². The van der Waals surface area contributed by atoms with Crippen LogP contribution >= 0.6 is 34.4 Å². The highest BCUT2D eigenvalue weighted by molar-refractivity contribution is 7.99. The Kier molecular flexibility index (Phi) is 5.63. The molecule has 0 bridgehead atoms. The number of carbonyl (C=O) groups is 1. The van der Waals surface area contributed by atoms with E-state index in [0.29, 0.717) is 23.8 Å². The van der Waals surface area contributed by atoms with E-state index in [0.717, 1.165) is 64.9 Å². The molecule has 9 heteroatoms. The van der Waals surface area contributed by atoms with Crippen molar-refractivity contribution in [1.29, 1.82) is 5.26 Å². The number of thiophene rings is 2. The van der Waals surface area contributed by atoms with Crippen molar-refractivity contribution in [3.05, 3.63) is 33.5 Å². The van der Waals surface area contributed by atoms with Gasteiger partial charge in [-0.2, -0.15) is 5.26 Å². The summed E-state index contributed by atoms with van der Waals surface area (Å²) in [6.45, 7) is 0. The third-order valence-electron chi connectivity index (χ3n) is 5.41. The lowest BCUT2D eigenvalue weighted by atomic mass is 9.96. The molecule has 2 aliphatic carbocycles. The number of rotatable bonds is 7. The number of hydrogen-bond donors (Lipinski definition) is 1. The lowest BCUT2D eigenvalue weighted by Gasteiger charge is -2.09. The second kappa shape index (κ2) is 8.53. The molecule has 2 aliphatic rings. The second-order valence-corrected chi connectivity index (χ2v) is 10.7. The first kappa shape index (κ1) is 19.8. The lowest BCUT2D eigenvalue weighted by molar-refractivity contribution is -0.115. The van der Waals surface area contributed by atoms with Crippen LogP contribution in [0.4, 0.5) is 5.00 Å². The van der Waals surface area contributed by atoms with Gasteiger partial charge in [0.1, 0.15) is 11.1 Å². The summed E-state index contributed by atoms with van der Waals surface area (Å²) in [4.78, 5) is 14.9. The number of aryl methyl sites for hydroxylation is 1. The molecule has 0 radical (unpaired) electrons. The smallest absolute Gasteiger partial charge is 0.225 e. The normalized spacial score (nSPS) is 15.6. The molecular formula is C21H21N5OS3. The monoisotopic (exact) mass is 455 g/mol. The molecule has 6 nitrogen and oxygen atoms in total. The highest BCUT2D eigenvalue weighted by atomic mass is 32.2. The summed E-state index contributed by atoms with van der Waals surface area (Å²) in [7, 11) is 0. The summed E-state index contributed by atoms with van der Waals surface area (Å²) in [5.74, 6) is 1.52. The molecule has 0 spiro atoms. The van der Waals surface area contributed by atoms with Crippen molar-refractivity contribution in [2.24, 2.45) is 0 Å². The molecule has 30 heavy (non-hydrogen) atoms. The number of nitriles is 1. The molecular weight excluding hydrogens is 434 g/mol. The molecule has 0 unspecified atom stereocenters. The van der Waals surface area contributed by atoms with Crippen LogP contribution in [0.25, 0.3) is 10.7 Å². The maximum atomic E-state index is 12.5. The Morgan fingerprint density at radius 2 is 2.20 bits per heavy atom. The topological polar surface area (TPSA) is 83.6 Å². The minimum atomic E-state index is -0.0476. The molecule has 5 rings (SSSR count). The van der Waals surface area contributed by atoms with E-state index in [4.69, 9.17) is 0 Å². The minimum absolute atomic E-state index is 0.0476. The number of hydrogen-bond acceptors (Lipinski definition) is 7. The maximum Gasteiger partial charge on any atom is 0.225 e. The van der Waals surface area contributed by atoms with Crippen LogP contribution in [0, 0.1) is 11.3 Å². The number of anilines is 1. The fourth-order valence-corrected chi connectivity index (χ4v) is 6.71. The van der Waals surface area contributed by atoms with Gasteiger partial charge in [0.25, 0.3) is 0 Å². The third-order valence-corrected chi connectivity index (χ3v) is 8.43. The Bertz CT molecular complexity index is 1100. The van der Waals surface area contributed by atoms with Crippen molar-refractivity contribution in [3.8, 4) is 16.8 Å². The largest absolute Gasteiger partial charge is 0.317 e. The first-order valence-electron chi connectivity index (χ1n) is 10.2. The van der Waals surface area contributed by atoms with Gasteiger partial charge >= 0.3 is 0 Å². The van der Waals surface area contributed by atoms with Gasteiger partial charge in [-0.15, -0.1) is 32.9 Å². The predicted octanol–water partition coefficient (Wildman–Crippen LogP) is 5.27. The standard InChI is InChI=1S/C21H21N5OS3/c22-12-15-14-4-1-2-5-16(14)30-20(15)23-18(27)9-11-29-21-25-24-19(17-6-3-10-28-17)26(21)13-7-8-13/h3,6,10,13H,1-2,4-5,7-9,11H2,(H,23,27). The number of fused-ring (bicyclic) bond motifs is 1. The first-order valence-corrected chi connectivity index (χ1v) is 12.9. The molecule has 1 amide bonds. The Morgan fingerprint density at radius 3 is 2.97 bits per heavy atom. The zero-order valence-corrected chi connectivity index (χ0v) is 18.8. The molecule has 0 aromatic carbocycles. The fourth-order valence-electron chi connectivity index (χ4n) is 3.81. The number of amides is 1. The van der Waals surface area contributed by atoms with Gasteiger partial charge in [0.15, 0.2) is 11.0 Å². The van der Waals surface area contributed by atoms with E-state index in [9.17, 15) is 10.1 Å². The zero-order valence-electron chi connectivity index (χ0n) is 16.4. The van der Waals surface area contributed by atoms with Crippen LogP contribution in [0.1, 0.15) is 54.1 Å². The van der Waals surface area contributed by atoms with Crippen LogP contribution in [-0.4, -0.2) is 26.4 Å². The molecule has 0 saturated heterocycles. The summed E-state index contributed by atoms with van der Waals surface area (Å²) in [5.41, 5.74) is 1.82. The van der Waals surface area contributed by atoms with Crippen LogP contribution in [0.5, 0.6) is 0 Å². The summed E-state index contributed by atoms with van der Waals surface area (Å²) in [5, 5.41) is 25.0. The van der Waals surface area contributed by atoms with Gasteiger partial charge in [-0.05, 0) is 55.5 Å². The SMILES string of the molecule is N#Cc1c(NC(=O)CCSc2nnc(-c3cccs3)n2C2CC2)sc2c1CCCC2. The van der Waals surface area contributed by atoms with Gasteiger partial charge in [-0.1, -0.05) is 17.8 Å². The molecule has 0 atom stereocenters. The molecule has 0 aliphatic heterocycles. The average molecular weight is 456 g/mol. The van der Waals surface area contributed by atoms with Gasteiger partial charge in [-0.25, -0.2) is 0 Å². The molecule has 3 aromatic rings. The van der Waals surface area contributed by atoms with Gasteiger partial charge in [-0.3, -0.25) is 9.36 Å². The zero-order chi connectivity index (χ0) is 20.5. The van der Waals surface area contributed by atoms with Crippen LogP contribution < -0.4 is 5.32 Å². The third kappa shape index (κ3) is 3.92. The number of nitrogens with one attached hydrogen (secondary N) is 1. The molecule has 1 fully saturated rings. The summed E-state index contributed by atoms with van der Waals surface area (Å²) >= 11 is 4.83. The number of aromatic nitrogens is 3. The summed E-state index contributed by atoms with van der Waals surface area (Å²) < 4.78 is 2.23. The van der Waals surface area contributed by atoms with E-state index in [-0.39, 0.29) is 5.91 Å². The Balaban J connectivity index is 1.22. The van der Waals surface area contributed by atoms with Gasteiger partial charge in [0.2, 0.25) is 5.91 Å². The molecule has 1 saturated carbocycles. The van der Waals surface area contributed by atoms with E-state index >= 15 is 0 Å². The van der Waals surface area contributed by atoms with Crippen molar-refractivity contribution in [1.82, 2.24) is 14.8 Å². The summed E-state index contributed by atoms with van der Waals surface area (Å²) in [6, 6.07) is 6.88. The van der Waals surface area contributed by atoms with Crippen molar-refractivity contribution in [2.45, 2.75) is 56.1 Å². The van der Waals surface area contributed by atoms with Crippen LogP contribution in [0.2, 0.25) is 0 Å². The van der Waals surface area contributed by atoms with Crippen LogP contribution in [0.15, 0.2) is 22.7 Å². The van der Waals surface area contributed by atoms with Crippen LogP contribution in [-0.2, 0) is 17.6 Å². The quantitative estimate of drug-likeness (QED) is 0.490. The molecule has 3 heterocycles. The highest BCUT2D eigenvalue weighted by Crippen LogP contribution is 2.42. The Labute approximate surface area is 187 Å². The van der Waals surface area contributed by atoms with E-state index in [2.05, 4.69) is 37.6 Å². The number of nitrogens with zero attached hydrogens (tertiary/aromatic N) is 4. The molecule has 1 N–H and O–H groups in total. The van der Waals surface area contributed by atoms with Crippen molar-refractivity contribution < 1.29 is 4.79 Å². The Hall–Kier alpha value is -2.15. The van der Waals surface area contributed by atoms with Gasteiger partial charge in [0, 0.05) is 23.1 Å². The average Bonchev–Trinajstić information content (AvgIpc) is 3.16. The van der Waals surface area contributed by atoms with Gasteiger partial charge in [0.05, 0.1) is 10.4 Å². The number of carbonyl (C=O) groups excluding carboxylic acids is 1. The molecule has 3 aromatic heterocycles. The van der Waals surface area contributed by atoms with Crippen molar-refractivity contribution >= 4 is 45.3 Å². The van der Waals surface area contributed by atoms with Gasteiger partial charge < -0.3 is 5.32 Å². The second-order valence-electron chi connectivity index (χ2n) is 7.56. The number of thioether (sulfide) groups is 1. The maximum absolute atomic E-state index is 12.5. The van der Waals surface area contributed by atoms with Crippen molar-refractivity contribution in [3.63, 3.8) is 0 Å². The minimum Gasteiger partial charge on any atom is -0.317 e. The predicted molar refractivity (Wildman–Crippen MR) is 121 cm³/mol. The van der Waals surface area contributed by atoms with E-state index < -0.39 is 0 Å². The van der Waals surface area contributed by atoms with E-state index in [1.165, 1.54) is 4.88 Å². The molecule has 154 valence electrons. The first-order chi connectivity index (χ1) is 14.7. The van der Waals surface area contributed by atoms with Crippen LogP contribution in [0.3, 0.4) is 0 Å². The summed E-state index contributed by atoms with van der Waals surface area (Å²) in [6.07, 6.45) is 6.95. The van der Waals surface area contributed by atoms with E-state index in [1.807, 2.05) is 6.07 Å².